The molecule has 1 aromatic rings. The van der Waals surface area contributed by atoms with Crippen molar-refractivity contribution in [3.8, 4) is 5.75 Å². The molecule has 1 fully saturated rings. The molecule has 4 nitrogen and oxygen atoms in total. The Bertz CT molecular complexity index is 499. The van der Waals surface area contributed by atoms with E-state index >= 15 is 0 Å². The van der Waals surface area contributed by atoms with E-state index in [2.05, 4.69) is 0 Å². The van der Waals surface area contributed by atoms with Crippen LogP contribution in [-0.2, 0) is 0 Å². The summed E-state index contributed by atoms with van der Waals surface area (Å²) in [6, 6.07) is 3.18. The van der Waals surface area contributed by atoms with E-state index < -0.39 is 0 Å². The first-order valence-electron chi connectivity index (χ1n) is 6.91. The van der Waals surface area contributed by atoms with E-state index in [0.717, 1.165) is 6.54 Å². The van der Waals surface area contributed by atoms with Crippen LogP contribution in [0.15, 0.2) is 12.1 Å². The fourth-order valence-electron chi connectivity index (χ4n) is 2.77. The van der Waals surface area contributed by atoms with Gasteiger partial charge in [0, 0.05) is 19.7 Å². The number of halogens is 1. The van der Waals surface area contributed by atoms with Gasteiger partial charge in [-0.15, -0.1) is 0 Å². The molecule has 0 bridgehead atoms. The fourth-order valence-corrected chi connectivity index (χ4v) is 2.94. The predicted molar refractivity (Wildman–Crippen MR) is 81.3 cm³/mol. The molecule has 1 aliphatic rings. The van der Waals surface area contributed by atoms with E-state index in [4.69, 9.17) is 22.1 Å². The van der Waals surface area contributed by atoms with Gasteiger partial charge in [-0.2, -0.15) is 0 Å². The topological polar surface area (TPSA) is 55.6 Å². The van der Waals surface area contributed by atoms with Crippen LogP contribution in [0.5, 0.6) is 5.75 Å². The van der Waals surface area contributed by atoms with Crippen LogP contribution in [0, 0.1) is 5.92 Å². The second-order valence-corrected chi connectivity index (χ2v) is 5.82. The predicted octanol–water partition coefficient (Wildman–Crippen LogP) is 3.19. The molecule has 0 heterocycles. The van der Waals surface area contributed by atoms with E-state index in [1.807, 2.05) is 7.05 Å². The van der Waals surface area contributed by atoms with Gasteiger partial charge in [-0.05, 0) is 24.8 Å². The first-order valence-corrected chi connectivity index (χ1v) is 7.29. The lowest BCUT2D eigenvalue weighted by atomic mass is 10.1. The minimum Gasteiger partial charge on any atom is -0.496 e. The molecule has 20 heavy (non-hydrogen) atoms. The number of nitrogen functional groups attached to an aromatic ring is 1. The second kappa shape index (κ2) is 6.35. The number of nitrogens with zero attached hydrogens (tertiary/aromatic N) is 1. The third-order valence-electron chi connectivity index (χ3n) is 3.90. The van der Waals surface area contributed by atoms with Crippen LogP contribution in [-0.4, -0.2) is 31.5 Å². The van der Waals surface area contributed by atoms with Gasteiger partial charge in [0.1, 0.15) is 5.75 Å². The summed E-state index contributed by atoms with van der Waals surface area (Å²) in [5.74, 6) is 1.00. The molecule has 0 radical (unpaired) electrons. The highest BCUT2D eigenvalue weighted by molar-refractivity contribution is 6.33. The average Bonchev–Trinajstić information content (AvgIpc) is 2.93. The zero-order chi connectivity index (χ0) is 14.7. The number of amides is 1. The summed E-state index contributed by atoms with van der Waals surface area (Å²) in [6.45, 7) is 0.782. The first kappa shape index (κ1) is 15.0. The summed E-state index contributed by atoms with van der Waals surface area (Å²) >= 11 is 6.01. The molecular weight excluding hydrogens is 276 g/mol. The number of nitrogens with two attached hydrogens (primary N) is 1. The van der Waals surface area contributed by atoms with Crippen molar-refractivity contribution in [1.29, 1.82) is 0 Å². The van der Waals surface area contributed by atoms with E-state index in [1.54, 1.807) is 17.0 Å². The Morgan fingerprint density at radius 1 is 1.45 bits per heavy atom. The van der Waals surface area contributed by atoms with Crippen molar-refractivity contribution in [3.05, 3.63) is 22.7 Å². The Morgan fingerprint density at radius 2 is 2.10 bits per heavy atom. The molecule has 0 atom stereocenters. The number of anilines is 1. The summed E-state index contributed by atoms with van der Waals surface area (Å²) in [7, 11) is 3.35. The average molecular weight is 297 g/mol. The van der Waals surface area contributed by atoms with Gasteiger partial charge in [0.15, 0.2) is 0 Å². The highest BCUT2D eigenvalue weighted by Gasteiger charge is 2.23. The number of carbonyl (C=O) groups excluding carboxylic acids is 1. The van der Waals surface area contributed by atoms with Crippen molar-refractivity contribution >= 4 is 23.2 Å². The number of hydrogen-bond acceptors (Lipinski definition) is 3. The monoisotopic (exact) mass is 296 g/mol. The minimum atomic E-state index is -0.0735. The molecule has 1 aliphatic carbocycles. The SMILES string of the molecule is COc1cc(N)c(Cl)cc1C(=O)N(C)CC1CCCC1. The maximum Gasteiger partial charge on any atom is 0.257 e. The van der Waals surface area contributed by atoms with Crippen LogP contribution in [0.2, 0.25) is 5.02 Å². The number of carbonyl (C=O) groups is 1. The van der Waals surface area contributed by atoms with Gasteiger partial charge in [-0.25, -0.2) is 0 Å². The molecule has 1 aromatic carbocycles. The molecule has 0 saturated heterocycles. The van der Waals surface area contributed by atoms with E-state index in [-0.39, 0.29) is 5.91 Å². The Balaban J connectivity index is 2.16. The van der Waals surface area contributed by atoms with Crippen LogP contribution < -0.4 is 10.5 Å². The summed E-state index contributed by atoms with van der Waals surface area (Å²) < 4.78 is 5.24. The zero-order valence-corrected chi connectivity index (χ0v) is 12.7. The van der Waals surface area contributed by atoms with E-state index in [0.29, 0.717) is 27.9 Å². The number of methoxy groups -OCH3 is 1. The Kier molecular flexibility index (Phi) is 4.76. The molecule has 2 rings (SSSR count). The highest BCUT2D eigenvalue weighted by Crippen LogP contribution is 2.30. The van der Waals surface area contributed by atoms with Crippen LogP contribution in [0.3, 0.4) is 0 Å². The Labute approximate surface area is 124 Å². The Morgan fingerprint density at radius 3 is 2.70 bits per heavy atom. The minimum absolute atomic E-state index is 0.0735. The van der Waals surface area contributed by atoms with Crippen LogP contribution in [0.25, 0.3) is 0 Å². The molecule has 0 aliphatic heterocycles. The van der Waals surface area contributed by atoms with Crippen molar-refractivity contribution in [3.63, 3.8) is 0 Å². The summed E-state index contributed by atoms with van der Waals surface area (Å²) in [4.78, 5) is 14.3. The van der Waals surface area contributed by atoms with Crippen molar-refractivity contribution in [2.45, 2.75) is 25.7 Å². The van der Waals surface area contributed by atoms with Gasteiger partial charge >= 0.3 is 0 Å². The summed E-state index contributed by atoms with van der Waals surface area (Å²) in [6.07, 6.45) is 4.95. The van der Waals surface area contributed by atoms with Crippen molar-refractivity contribution in [2.24, 2.45) is 5.92 Å². The first-order chi connectivity index (χ1) is 9.52. The van der Waals surface area contributed by atoms with Gasteiger partial charge in [-0.3, -0.25) is 4.79 Å². The van der Waals surface area contributed by atoms with Gasteiger partial charge in [-0.1, -0.05) is 24.4 Å². The standard InChI is InChI=1S/C15H21ClN2O2/c1-18(9-10-5-3-4-6-10)15(19)11-7-12(16)13(17)8-14(11)20-2/h7-8,10H,3-6,9,17H2,1-2H3. The highest BCUT2D eigenvalue weighted by atomic mass is 35.5. The molecule has 0 aromatic heterocycles. The number of ether oxygens (including phenoxy) is 1. The van der Waals surface area contributed by atoms with Gasteiger partial charge in [0.05, 0.1) is 23.4 Å². The second-order valence-electron chi connectivity index (χ2n) is 5.41. The molecular formula is C15H21ClN2O2. The van der Waals surface area contributed by atoms with Gasteiger partial charge in [0.2, 0.25) is 0 Å². The lowest BCUT2D eigenvalue weighted by molar-refractivity contribution is 0.0770. The third kappa shape index (κ3) is 3.18. The number of hydrogen-bond donors (Lipinski definition) is 1. The van der Waals surface area contributed by atoms with Crippen LogP contribution in [0.1, 0.15) is 36.0 Å². The molecule has 110 valence electrons. The zero-order valence-electron chi connectivity index (χ0n) is 12.0. The maximum atomic E-state index is 12.5. The molecule has 5 heteroatoms. The largest absolute Gasteiger partial charge is 0.496 e. The van der Waals surface area contributed by atoms with E-state index in [9.17, 15) is 4.79 Å². The Hall–Kier alpha value is -1.42. The van der Waals surface area contributed by atoms with Crippen LogP contribution >= 0.6 is 11.6 Å². The summed E-state index contributed by atoms with van der Waals surface area (Å²) in [5, 5.41) is 0.378. The molecule has 2 N–H and O–H groups in total. The quantitative estimate of drug-likeness (QED) is 0.868. The smallest absolute Gasteiger partial charge is 0.257 e. The molecule has 1 amide bonds. The molecule has 0 spiro atoms. The van der Waals surface area contributed by atoms with Crippen LogP contribution in [0.4, 0.5) is 5.69 Å². The normalized spacial score (nSPS) is 15.3. The lowest BCUT2D eigenvalue weighted by Gasteiger charge is -2.22. The van der Waals surface area contributed by atoms with Crippen molar-refractivity contribution in [1.82, 2.24) is 4.90 Å². The maximum absolute atomic E-state index is 12.5. The number of benzene rings is 1. The van der Waals surface area contributed by atoms with Crippen molar-refractivity contribution in [2.75, 3.05) is 26.4 Å². The third-order valence-corrected chi connectivity index (χ3v) is 4.23. The van der Waals surface area contributed by atoms with Crippen molar-refractivity contribution < 1.29 is 9.53 Å². The van der Waals surface area contributed by atoms with Gasteiger partial charge < -0.3 is 15.4 Å². The molecule has 1 saturated carbocycles. The number of rotatable bonds is 4. The van der Waals surface area contributed by atoms with Gasteiger partial charge in [0.25, 0.3) is 5.91 Å². The molecule has 0 unspecified atom stereocenters. The summed E-state index contributed by atoms with van der Waals surface area (Å²) in [5.41, 5.74) is 6.62. The lowest BCUT2D eigenvalue weighted by Crippen LogP contribution is -2.31. The fraction of sp³-hybridized carbons (Fsp3) is 0.533. The van der Waals surface area contributed by atoms with E-state index in [1.165, 1.54) is 32.8 Å².